The van der Waals surface area contributed by atoms with Crippen molar-refractivity contribution in [2.45, 2.75) is 6.18 Å². The molecule has 0 fully saturated rings. The number of amides is 3. The molecule has 13 heteroatoms. The van der Waals surface area contributed by atoms with Gasteiger partial charge >= 0.3 is 17.9 Å². The molecule has 0 saturated heterocycles. The van der Waals surface area contributed by atoms with Gasteiger partial charge in [0.1, 0.15) is 12.1 Å². The van der Waals surface area contributed by atoms with Crippen LogP contribution in [0.4, 0.5) is 23.7 Å². The quantitative estimate of drug-likeness (QED) is 0.473. The number of phenolic OH excluding ortho intramolecular Hbond substituents is 2. The topological polar surface area (TPSA) is 130 Å². The van der Waals surface area contributed by atoms with Crippen molar-refractivity contribution in [3.63, 3.8) is 0 Å². The Kier molecular flexibility index (Phi) is 5.45. The maximum Gasteiger partial charge on any atom is 0.405 e. The zero-order chi connectivity index (χ0) is 18.8. The van der Waals surface area contributed by atoms with Crippen molar-refractivity contribution in [1.29, 1.82) is 0 Å². The van der Waals surface area contributed by atoms with Gasteiger partial charge in [0, 0.05) is 13.1 Å². The molecule has 132 valence electrons. The Morgan fingerprint density at radius 3 is 2.38 bits per heavy atom. The minimum absolute atomic E-state index is 0.135. The molecule has 1 rings (SSSR count). The van der Waals surface area contributed by atoms with Gasteiger partial charge in [0.2, 0.25) is 5.75 Å². The van der Waals surface area contributed by atoms with Crippen molar-refractivity contribution in [2.75, 3.05) is 13.6 Å². The number of halogens is 4. The second-order valence-corrected chi connectivity index (χ2v) is 4.77. The van der Waals surface area contributed by atoms with E-state index in [1.807, 2.05) is 0 Å². The average molecular weight is 373 g/mol. The Morgan fingerprint density at radius 2 is 1.92 bits per heavy atom. The van der Waals surface area contributed by atoms with E-state index in [4.69, 9.17) is 16.8 Å². The molecule has 0 aromatic heterocycles. The minimum atomic E-state index is -4.73. The highest BCUT2D eigenvalue weighted by Crippen LogP contribution is 2.42. The van der Waals surface area contributed by atoms with Gasteiger partial charge in [0.15, 0.2) is 5.75 Å². The SMILES string of the molecule is CN(C(=O)NCC(F)(F)F)C(=O)c1c(Cl)cc(O)c(O)c1[N+](=O)O. The van der Waals surface area contributed by atoms with E-state index in [1.54, 1.807) is 0 Å². The second-order valence-electron chi connectivity index (χ2n) is 4.36. The monoisotopic (exact) mass is 372 g/mol. The van der Waals surface area contributed by atoms with Gasteiger partial charge in [0.05, 0.1) is 9.93 Å². The molecule has 0 atom stereocenters. The second kappa shape index (κ2) is 6.78. The van der Waals surface area contributed by atoms with Crippen LogP contribution in [-0.2, 0) is 0 Å². The van der Waals surface area contributed by atoms with Crippen LogP contribution in [0.3, 0.4) is 0 Å². The Morgan fingerprint density at radius 1 is 1.38 bits per heavy atom. The third-order valence-electron chi connectivity index (χ3n) is 2.66. The Hall–Kier alpha value is -2.76. The van der Waals surface area contributed by atoms with E-state index in [1.165, 1.54) is 5.32 Å². The zero-order valence-corrected chi connectivity index (χ0v) is 12.5. The normalized spacial score (nSPS) is 11.0. The molecule has 0 radical (unpaired) electrons. The molecule has 3 amide bonds. The van der Waals surface area contributed by atoms with Crippen molar-refractivity contribution in [3.8, 4) is 11.5 Å². The Bertz CT molecular complexity index is 709. The first kappa shape index (κ1) is 19.3. The third-order valence-corrected chi connectivity index (χ3v) is 2.96. The van der Waals surface area contributed by atoms with Crippen molar-refractivity contribution < 1.29 is 43.1 Å². The summed E-state index contributed by atoms with van der Waals surface area (Å²) in [5.41, 5.74) is -2.09. The van der Waals surface area contributed by atoms with E-state index in [9.17, 15) is 37.9 Å². The predicted octanol–water partition coefficient (Wildman–Crippen LogP) is 1.89. The Labute approximate surface area is 136 Å². The number of alkyl halides is 3. The number of nitrogens with one attached hydrogen (secondary N) is 1. The summed E-state index contributed by atoms with van der Waals surface area (Å²) in [6, 6.07) is -0.847. The molecular weight excluding hydrogens is 363 g/mol. The summed E-state index contributed by atoms with van der Waals surface area (Å²) >= 11 is 5.64. The van der Waals surface area contributed by atoms with E-state index in [2.05, 4.69) is 0 Å². The number of rotatable bonds is 3. The van der Waals surface area contributed by atoms with Crippen LogP contribution in [0.5, 0.6) is 11.5 Å². The first-order valence-corrected chi connectivity index (χ1v) is 6.27. The molecule has 0 aliphatic heterocycles. The number of phenols is 2. The number of benzene rings is 1. The lowest BCUT2D eigenvalue weighted by molar-refractivity contribution is -0.730. The lowest BCUT2D eigenvalue weighted by Crippen LogP contribution is -2.44. The van der Waals surface area contributed by atoms with Crippen molar-refractivity contribution >= 4 is 29.2 Å². The van der Waals surface area contributed by atoms with Gasteiger partial charge < -0.3 is 15.5 Å². The largest absolute Gasteiger partial charge is 0.504 e. The smallest absolute Gasteiger partial charge is 0.405 e. The lowest BCUT2D eigenvalue weighted by Gasteiger charge is -2.17. The van der Waals surface area contributed by atoms with Crippen LogP contribution >= 0.6 is 11.6 Å². The fraction of sp³-hybridized carbons (Fsp3) is 0.273. The van der Waals surface area contributed by atoms with Gasteiger partial charge in [-0.3, -0.25) is 9.69 Å². The summed E-state index contributed by atoms with van der Waals surface area (Å²) in [6.07, 6.45) is -4.73. The minimum Gasteiger partial charge on any atom is -0.504 e. The fourth-order valence-electron chi connectivity index (χ4n) is 1.56. The van der Waals surface area contributed by atoms with Crippen LogP contribution in [0, 0.1) is 4.91 Å². The molecule has 1 aromatic carbocycles. The standard InChI is InChI=1S/C11H9ClF3N3O6/c1-17(10(22)16-3-11(13,14)15)9(21)6-4(12)2-5(19)8(20)7(6)18(23)24/h2H,3H2,1H3,(H3-,16,19,20,21,22,23,24)/p+1. The van der Waals surface area contributed by atoms with Gasteiger partial charge in [-0.15, -0.1) is 0 Å². The van der Waals surface area contributed by atoms with Crippen LogP contribution in [0.25, 0.3) is 0 Å². The number of imide groups is 1. The maximum absolute atomic E-state index is 12.2. The van der Waals surface area contributed by atoms with Crippen LogP contribution in [-0.4, -0.2) is 57.0 Å². The molecule has 0 aliphatic carbocycles. The van der Waals surface area contributed by atoms with Crippen LogP contribution in [0.1, 0.15) is 10.4 Å². The summed E-state index contributed by atoms with van der Waals surface area (Å²) in [6.45, 7) is -1.72. The third kappa shape index (κ3) is 4.16. The highest BCUT2D eigenvalue weighted by atomic mass is 35.5. The predicted molar refractivity (Wildman–Crippen MR) is 71.4 cm³/mol. The van der Waals surface area contributed by atoms with E-state index >= 15 is 0 Å². The number of aromatic hydroxyl groups is 2. The molecule has 0 unspecified atom stereocenters. The Balaban J connectivity index is 3.22. The highest BCUT2D eigenvalue weighted by Gasteiger charge is 2.37. The van der Waals surface area contributed by atoms with Crippen LogP contribution in [0.2, 0.25) is 5.02 Å². The number of hydrogen-bond donors (Lipinski definition) is 4. The molecule has 0 aliphatic rings. The van der Waals surface area contributed by atoms with Crippen LogP contribution < -0.4 is 5.32 Å². The van der Waals surface area contributed by atoms with E-state index in [-0.39, 0.29) is 4.90 Å². The van der Waals surface area contributed by atoms with Gasteiger partial charge in [-0.2, -0.15) is 13.2 Å². The van der Waals surface area contributed by atoms with Gasteiger partial charge in [-0.25, -0.2) is 10.0 Å². The number of carbonyl (C=O) groups is 2. The number of urea groups is 1. The van der Waals surface area contributed by atoms with E-state index in [0.29, 0.717) is 6.07 Å². The first-order chi connectivity index (χ1) is 10.9. The van der Waals surface area contributed by atoms with E-state index in [0.717, 1.165) is 7.05 Å². The molecule has 0 saturated carbocycles. The van der Waals surface area contributed by atoms with Gasteiger partial charge in [-0.1, -0.05) is 11.6 Å². The molecule has 0 heterocycles. The number of nitrogens with zero attached hydrogens (tertiary/aromatic N) is 2. The molecular formula is C11H10ClF3N3O6+. The summed E-state index contributed by atoms with van der Waals surface area (Å²) in [7, 11) is 0.768. The molecule has 1 aromatic rings. The maximum atomic E-state index is 12.2. The molecule has 0 bridgehead atoms. The molecule has 24 heavy (non-hydrogen) atoms. The van der Waals surface area contributed by atoms with Crippen molar-refractivity contribution in [1.82, 2.24) is 10.2 Å². The van der Waals surface area contributed by atoms with Crippen LogP contribution in [0.15, 0.2) is 6.07 Å². The lowest BCUT2D eigenvalue weighted by atomic mass is 10.1. The van der Waals surface area contributed by atoms with Crippen molar-refractivity contribution in [3.05, 3.63) is 21.6 Å². The first-order valence-electron chi connectivity index (χ1n) is 5.90. The molecule has 9 nitrogen and oxygen atoms in total. The van der Waals surface area contributed by atoms with Crippen molar-refractivity contribution in [2.24, 2.45) is 0 Å². The highest BCUT2D eigenvalue weighted by molar-refractivity contribution is 6.35. The molecule has 4 N–H and O–H groups in total. The summed E-state index contributed by atoms with van der Waals surface area (Å²) < 4.78 is 36.2. The van der Waals surface area contributed by atoms with Gasteiger partial charge in [0.25, 0.3) is 10.8 Å². The zero-order valence-electron chi connectivity index (χ0n) is 11.8. The summed E-state index contributed by atoms with van der Waals surface area (Å²) in [5, 5.41) is 28.5. The van der Waals surface area contributed by atoms with Gasteiger partial charge in [-0.05, 0) is 0 Å². The summed E-state index contributed by atoms with van der Waals surface area (Å²) in [5.74, 6) is -3.59. The number of carbonyl (C=O) groups excluding carboxylic acids is 2. The number of hydrogen-bond acceptors (Lipinski definition) is 5. The van der Waals surface area contributed by atoms with E-state index < -0.39 is 57.4 Å². The average Bonchev–Trinajstić information content (AvgIpc) is 2.45. The fourth-order valence-corrected chi connectivity index (χ4v) is 1.83. The summed E-state index contributed by atoms with van der Waals surface area (Å²) in [4.78, 5) is 33.9. The molecule has 0 spiro atoms.